The number of ether oxygens (including phenoxy) is 2. The number of hydrogen-bond acceptors (Lipinski definition) is 6. The Morgan fingerprint density at radius 3 is 2.35 bits per heavy atom. The zero-order valence-corrected chi connectivity index (χ0v) is 12.9. The predicted octanol–water partition coefficient (Wildman–Crippen LogP) is 2.24. The van der Waals surface area contributed by atoms with Crippen LogP contribution in [0.5, 0.6) is 0 Å². The molecule has 1 aliphatic carbocycles. The maximum absolute atomic E-state index is 12.2. The molecule has 1 atom stereocenters. The normalized spacial score (nSPS) is 15.9. The van der Waals surface area contributed by atoms with Crippen LogP contribution < -0.4 is 0 Å². The van der Waals surface area contributed by atoms with Crippen molar-refractivity contribution in [3.63, 3.8) is 0 Å². The third kappa shape index (κ3) is 2.67. The van der Waals surface area contributed by atoms with E-state index >= 15 is 0 Å². The highest BCUT2D eigenvalue weighted by Gasteiger charge is 2.36. The van der Waals surface area contributed by atoms with Crippen molar-refractivity contribution in [2.45, 2.75) is 19.8 Å². The number of hydrogen-bond donors (Lipinski definition) is 0. The topological polar surface area (TPSA) is 78.4 Å². The molecule has 1 aromatic carbocycles. The maximum atomic E-state index is 12.2. The summed E-state index contributed by atoms with van der Waals surface area (Å²) >= 11 is 0. The first-order chi connectivity index (χ1) is 11.2. The lowest BCUT2D eigenvalue weighted by Gasteiger charge is -2.09. The molecular formula is C17H16N2O4. The minimum Gasteiger partial charge on any atom is -0.465 e. The quantitative estimate of drug-likeness (QED) is 0.806. The van der Waals surface area contributed by atoms with E-state index in [9.17, 15) is 9.59 Å². The second-order valence-corrected chi connectivity index (χ2v) is 4.98. The Bertz CT molecular complexity index is 813. The fraction of sp³-hybridized carbons (Fsp3) is 0.294. The van der Waals surface area contributed by atoms with Crippen molar-refractivity contribution in [2.24, 2.45) is 0 Å². The second-order valence-electron chi connectivity index (χ2n) is 4.98. The van der Waals surface area contributed by atoms with E-state index in [-0.39, 0.29) is 18.8 Å². The molecule has 1 aromatic heterocycles. The van der Waals surface area contributed by atoms with Crippen LogP contribution in [0.4, 0.5) is 0 Å². The van der Waals surface area contributed by atoms with Gasteiger partial charge in [0, 0.05) is 0 Å². The number of carbonyl (C=O) groups excluding carboxylic acids is 2. The van der Waals surface area contributed by atoms with E-state index in [0.717, 1.165) is 0 Å². The number of benzene rings is 1. The SMILES string of the molecule is CCOC(=O)C1=CC(C(=O)OCC)c2nc3ccccc3nc21. The monoisotopic (exact) mass is 312 g/mol. The van der Waals surface area contributed by atoms with Gasteiger partial charge in [-0.25, -0.2) is 14.8 Å². The van der Waals surface area contributed by atoms with Crippen LogP contribution in [0, 0.1) is 0 Å². The molecule has 6 heteroatoms. The van der Waals surface area contributed by atoms with Gasteiger partial charge in [-0.2, -0.15) is 0 Å². The molecular weight excluding hydrogens is 296 g/mol. The summed E-state index contributed by atoms with van der Waals surface area (Å²) in [6.07, 6.45) is 1.53. The molecule has 0 aliphatic heterocycles. The van der Waals surface area contributed by atoms with Crippen LogP contribution in [0.1, 0.15) is 31.2 Å². The molecule has 0 radical (unpaired) electrons. The number of rotatable bonds is 4. The Hall–Kier alpha value is -2.76. The van der Waals surface area contributed by atoms with Crippen LogP contribution in [-0.4, -0.2) is 35.1 Å². The van der Waals surface area contributed by atoms with Crippen LogP contribution in [0.2, 0.25) is 0 Å². The highest BCUT2D eigenvalue weighted by atomic mass is 16.5. The summed E-state index contributed by atoms with van der Waals surface area (Å²) in [6, 6.07) is 7.31. The zero-order valence-electron chi connectivity index (χ0n) is 12.9. The first kappa shape index (κ1) is 15.1. The molecule has 1 heterocycles. The fourth-order valence-electron chi connectivity index (χ4n) is 2.54. The number of carbonyl (C=O) groups is 2. The largest absolute Gasteiger partial charge is 0.465 e. The molecule has 1 unspecified atom stereocenters. The molecule has 118 valence electrons. The Morgan fingerprint density at radius 2 is 1.70 bits per heavy atom. The summed E-state index contributed by atoms with van der Waals surface area (Å²) in [5.74, 6) is -1.69. The standard InChI is InChI=1S/C17H16N2O4/c1-3-22-16(20)10-9-11(17(21)23-4-2)15-14(10)18-12-7-5-6-8-13(12)19-15/h5-10H,3-4H2,1-2H3. The van der Waals surface area contributed by atoms with Gasteiger partial charge in [-0.05, 0) is 32.1 Å². The van der Waals surface area contributed by atoms with Gasteiger partial charge in [-0.15, -0.1) is 0 Å². The molecule has 0 bridgehead atoms. The third-order valence-corrected chi connectivity index (χ3v) is 3.52. The van der Waals surface area contributed by atoms with Gasteiger partial charge in [0.1, 0.15) is 11.6 Å². The molecule has 0 saturated heterocycles. The number of nitrogens with zero attached hydrogens (tertiary/aromatic N) is 2. The van der Waals surface area contributed by atoms with E-state index in [1.165, 1.54) is 6.08 Å². The van der Waals surface area contributed by atoms with E-state index in [0.29, 0.717) is 22.4 Å². The average Bonchev–Trinajstić information content (AvgIpc) is 2.92. The summed E-state index contributed by atoms with van der Waals surface area (Å²) in [4.78, 5) is 33.3. The number of esters is 2. The molecule has 0 saturated carbocycles. The van der Waals surface area contributed by atoms with Gasteiger partial charge in [0.05, 0.1) is 35.5 Å². The van der Waals surface area contributed by atoms with Crippen LogP contribution in [0.3, 0.4) is 0 Å². The lowest BCUT2D eigenvalue weighted by molar-refractivity contribution is -0.143. The first-order valence-electron chi connectivity index (χ1n) is 7.48. The zero-order chi connectivity index (χ0) is 16.4. The van der Waals surface area contributed by atoms with Crippen LogP contribution in [-0.2, 0) is 19.1 Å². The van der Waals surface area contributed by atoms with Crippen molar-refractivity contribution in [1.29, 1.82) is 0 Å². The van der Waals surface area contributed by atoms with Crippen molar-refractivity contribution in [3.05, 3.63) is 41.7 Å². The molecule has 1 aliphatic rings. The highest BCUT2D eigenvalue weighted by molar-refractivity contribution is 6.19. The molecule has 3 rings (SSSR count). The smallest absolute Gasteiger partial charge is 0.340 e. The van der Waals surface area contributed by atoms with E-state index in [2.05, 4.69) is 9.97 Å². The molecule has 2 aromatic rings. The Kier molecular flexibility index (Phi) is 4.06. The van der Waals surface area contributed by atoms with Crippen LogP contribution in [0.15, 0.2) is 30.3 Å². The van der Waals surface area contributed by atoms with E-state index in [4.69, 9.17) is 9.47 Å². The predicted molar refractivity (Wildman–Crippen MR) is 83.5 cm³/mol. The fourth-order valence-corrected chi connectivity index (χ4v) is 2.54. The Balaban J connectivity index is 2.13. The second kappa shape index (κ2) is 6.16. The third-order valence-electron chi connectivity index (χ3n) is 3.52. The van der Waals surface area contributed by atoms with Crippen molar-refractivity contribution in [2.75, 3.05) is 13.2 Å². The van der Waals surface area contributed by atoms with E-state index in [1.807, 2.05) is 24.3 Å². The summed E-state index contributed by atoms with van der Waals surface area (Å²) < 4.78 is 10.1. The van der Waals surface area contributed by atoms with Crippen molar-refractivity contribution in [1.82, 2.24) is 9.97 Å². The van der Waals surface area contributed by atoms with E-state index in [1.54, 1.807) is 13.8 Å². The van der Waals surface area contributed by atoms with Crippen LogP contribution in [0.25, 0.3) is 16.6 Å². The molecule has 23 heavy (non-hydrogen) atoms. The first-order valence-corrected chi connectivity index (χ1v) is 7.48. The van der Waals surface area contributed by atoms with Gasteiger partial charge >= 0.3 is 11.9 Å². The van der Waals surface area contributed by atoms with Gasteiger partial charge < -0.3 is 9.47 Å². The van der Waals surface area contributed by atoms with Crippen molar-refractivity contribution >= 4 is 28.5 Å². The summed E-state index contributed by atoms with van der Waals surface area (Å²) in [6.45, 7) is 3.96. The summed E-state index contributed by atoms with van der Waals surface area (Å²) in [5.41, 5.74) is 2.41. The Labute approximate surface area is 133 Å². The minimum atomic E-state index is -0.735. The van der Waals surface area contributed by atoms with Gasteiger partial charge in [-0.1, -0.05) is 12.1 Å². The lowest BCUT2D eigenvalue weighted by Crippen LogP contribution is -2.14. The molecule has 6 nitrogen and oxygen atoms in total. The summed E-state index contributed by atoms with van der Waals surface area (Å²) in [5, 5.41) is 0. The van der Waals surface area contributed by atoms with Gasteiger partial charge in [0.25, 0.3) is 0 Å². The molecule has 0 amide bonds. The molecule has 0 N–H and O–H groups in total. The lowest BCUT2D eigenvalue weighted by atomic mass is 10.1. The van der Waals surface area contributed by atoms with Gasteiger partial charge in [0.2, 0.25) is 0 Å². The Morgan fingerprint density at radius 1 is 1.04 bits per heavy atom. The highest BCUT2D eigenvalue weighted by Crippen LogP contribution is 2.36. The average molecular weight is 312 g/mol. The maximum Gasteiger partial charge on any atom is 0.340 e. The van der Waals surface area contributed by atoms with E-state index < -0.39 is 17.9 Å². The molecule has 0 fully saturated rings. The number of para-hydroxylation sites is 2. The van der Waals surface area contributed by atoms with Crippen molar-refractivity contribution < 1.29 is 19.1 Å². The number of aromatic nitrogens is 2. The summed E-state index contributed by atoms with van der Waals surface area (Å²) in [7, 11) is 0. The van der Waals surface area contributed by atoms with Gasteiger partial charge in [0.15, 0.2) is 0 Å². The van der Waals surface area contributed by atoms with Gasteiger partial charge in [-0.3, -0.25) is 4.79 Å². The van der Waals surface area contributed by atoms with Crippen molar-refractivity contribution in [3.8, 4) is 0 Å². The van der Waals surface area contributed by atoms with Crippen LogP contribution >= 0.6 is 0 Å². The molecule has 0 spiro atoms. The minimum absolute atomic E-state index is 0.247. The number of fused-ring (bicyclic) bond motifs is 2.